The van der Waals surface area contributed by atoms with Crippen molar-refractivity contribution >= 4 is 19.7 Å². The maximum atomic E-state index is 13.4. The van der Waals surface area contributed by atoms with Gasteiger partial charge in [0.25, 0.3) is 7.82 Å². The fourth-order valence-corrected chi connectivity index (χ4v) is 8.05. The van der Waals surface area contributed by atoms with E-state index in [-0.39, 0.29) is 31.5 Å². The third-order valence-electron chi connectivity index (χ3n) is 11.4. The van der Waals surface area contributed by atoms with Crippen LogP contribution in [0.3, 0.4) is 0 Å². The Labute approximate surface area is 377 Å². The summed E-state index contributed by atoms with van der Waals surface area (Å²) in [6.07, 6.45) is 45.6. The topological polar surface area (TPSA) is 114 Å². The summed E-state index contributed by atoms with van der Waals surface area (Å²) in [5.74, 6) is -0.548. The van der Waals surface area contributed by atoms with Crippen LogP contribution in [-0.4, -0.2) is 69.4 Å². The third-order valence-corrected chi connectivity index (χ3v) is 12.3. The molecule has 61 heavy (non-hydrogen) atoms. The average molecular weight is 883 g/mol. The summed E-state index contributed by atoms with van der Waals surface area (Å²) in [5.41, 5.74) is 0. The van der Waals surface area contributed by atoms with Gasteiger partial charge < -0.3 is 28.5 Å². The van der Waals surface area contributed by atoms with Crippen molar-refractivity contribution in [3.8, 4) is 0 Å². The summed E-state index contributed by atoms with van der Waals surface area (Å²) in [6, 6.07) is -0.882. The standard InChI is InChI=1S/C51H99N2O7P/c1-7-10-13-16-19-22-25-26-29-30-33-36-39-42-49(60-51(55)44-41-38-35-32-28-24-21-18-15-12-9-3)48(47-59-61(56,57)58-46-45-53(4,5)6)52-50(54)43-40-37-34-31-27-23-20-17-14-11-8-2/h18,21,39,42,48-49H,7-17,19-20,22-38,40-41,43-47H2,1-6H3,(H-,52,54,56,57)/b21-18-,42-39+. The second kappa shape index (κ2) is 42.4. The number of phosphoric ester groups is 1. The van der Waals surface area contributed by atoms with Crippen LogP contribution < -0.4 is 10.2 Å². The van der Waals surface area contributed by atoms with Crippen LogP contribution in [0.1, 0.15) is 239 Å². The third kappa shape index (κ3) is 43.5. The lowest BCUT2D eigenvalue weighted by atomic mass is 10.0. The van der Waals surface area contributed by atoms with Gasteiger partial charge in [-0.2, -0.15) is 0 Å². The van der Waals surface area contributed by atoms with E-state index in [1.165, 1.54) is 122 Å². The summed E-state index contributed by atoms with van der Waals surface area (Å²) in [7, 11) is 1.19. The largest absolute Gasteiger partial charge is 0.756 e. The molecule has 0 radical (unpaired) electrons. The molecule has 0 aromatic rings. The molecule has 3 unspecified atom stereocenters. The second-order valence-electron chi connectivity index (χ2n) is 18.7. The Morgan fingerprint density at radius 3 is 1.44 bits per heavy atom. The van der Waals surface area contributed by atoms with Crippen molar-refractivity contribution in [3.63, 3.8) is 0 Å². The van der Waals surface area contributed by atoms with Gasteiger partial charge in [0.15, 0.2) is 0 Å². The lowest BCUT2D eigenvalue weighted by Gasteiger charge is -2.30. The van der Waals surface area contributed by atoms with Crippen LogP contribution in [0, 0.1) is 0 Å². The highest BCUT2D eigenvalue weighted by Crippen LogP contribution is 2.38. The molecule has 0 spiro atoms. The molecular weight excluding hydrogens is 784 g/mol. The summed E-state index contributed by atoms with van der Waals surface area (Å²) in [6.45, 7) is 6.79. The van der Waals surface area contributed by atoms with Gasteiger partial charge in [0.05, 0.1) is 33.8 Å². The minimum atomic E-state index is -4.68. The molecule has 0 rings (SSSR count). The maximum Gasteiger partial charge on any atom is 0.306 e. The van der Waals surface area contributed by atoms with E-state index in [9.17, 15) is 19.0 Å². The molecule has 0 aliphatic carbocycles. The van der Waals surface area contributed by atoms with Crippen molar-refractivity contribution in [1.82, 2.24) is 5.32 Å². The van der Waals surface area contributed by atoms with E-state index in [1.54, 1.807) is 0 Å². The number of quaternary nitrogens is 1. The Kier molecular flexibility index (Phi) is 41.4. The molecule has 0 saturated heterocycles. The number of carbonyl (C=O) groups is 2. The quantitative estimate of drug-likeness (QED) is 0.0213. The molecule has 0 fully saturated rings. The first kappa shape index (κ1) is 59.5. The van der Waals surface area contributed by atoms with Gasteiger partial charge in [-0.1, -0.05) is 200 Å². The molecule has 1 N–H and O–H groups in total. The number of esters is 1. The predicted octanol–water partition coefficient (Wildman–Crippen LogP) is 14.0. The molecule has 10 heteroatoms. The van der Waals surface area contributed by atoms with Gasteiger partial charge in [-0.3, -0.25) is 14.2 Å². The number of allylic oxidation sites excluding steroid dienone is 3. The van der Waals surface area contributed by atoms with E-state index in [2.05, 4.69) is 38.2 Å². The highest BCUT2D eigenvalue weighted by atomic mass is 31.2. The van der Waals surface area contributed by atoms with E-state index >= 15 is 0 Å². The highest BCUT2D eigenvalue weighted by molar-refractivity contribution is 7.45. The predicted molar refractivity (Wildman–Crippen MR) is 257 cm³/mol. The Bertz CT molecular complexity index is 1110. The molecule has 1 amide bonds. The monoisotopic (exact) mass is 883 g/mol. The number of likely N-dealkylation sites (N-methyl/N-ethyl adjacent to an activating group) is 1. The summed E-state index contributed by atoms with van der Waals surface area (Å²) in [4.78, 5) is 39.5. The van der Waals surface area contributed by atoms with Gasteiger partial charge in [-0.15, -0.1) is 0 Å². The van der Waals surface area contributed by atoms with Crippen molar-refractivity contribution in [1.29, 1.82) is 0 Å². The molecule has 360 valence electrons. The SMILES string of the molecule is CCCC/C=C\CCCCCCCC(=O)OC(/C=C/CCCCCCCCCCCCC)C(COP(=O)([O-])OCC[N+](C)(C)C)NC(=O)CCCCCCCCCCCCC. The van der Waals surface area contributed by atoms with Crippen molar-refractivity contribution in [2.75, 3.05) is 40.9 Å². The fourth-order valence-electron chi connectivity index (χ4n) is 7.33. The number of nitrogens with zero attached hydrogens (tertiary/aromatic N) is 1. The first-order valence-electron chi connectivity index (χ1n) is 25.6. The van der Waals surface area contributed by atoms with Gasteiger partial charge >= 0.3 is 5.97 Å². The number of nitrogens with one attached hydrogen (secondary N) is 1. The summed E-state index contributed by atoms with van der Waals surface area (Å²) >= 11 is 0. The fraction of sp³-hybridized carbons (Fsp3) is 0.882. The molecule has 0 aromatic carbocycles. The average Bonchev–Trinajstić information content (AvgIpc) is 3.21. The number of amides is 1. The Morgan fingerprint density at radius 2 is 0.967 bits per heavy atom. The maximum absolute atomic E-state index is 13.4. The second-order valence-corrected chi connectivity index (χ2v) is 20.1. The lowest BCUT2D eigenvalue weighted by molar-refractivity contribution is -0.870. The van der Waals surface area contributed by atoms with E-state index in [1.807, 2.05) is 33.3 Å². The molecule has 0 aliphatic rings. The summed E-state index contributed by atoms with van der Waals surface area (Å²) in [5, 5.41) is 3.00. The lowest BCUT2D eigenvalue weighted by Crippen LogP contribution is -2.47. The van der Waals surface area contributed by atoms with Crippen LogP contribution in [0.2, 0.25) is 0 Å². The van der Waals surface area contributed by atoms with Gasteiger partial charge in [0.1, 0.15) is 19.3 Å². The Balaban J connectivity index is 5.46. The molecular formula is C51H99N2O7P. The number of phosphoric acid groups is 1. The number of ether oxygens (including phenoxy) is 1. The molecule has 0 bridgehead atoms. The van der Waals surface area contributed by atoms with Crippen molar-refractivity contribution < 1.29 is 37.3 Å². The van der Waals surface area contributed by atoms with Gasteiger partial charge in [0, 0.05) is 12.8 Å². The van der Waals surface area contributed by atoms with Gasteiger partial charge in [-0.25, -0.2) is 0 Å². The zero-order valence-corrected chi connectivity index (χ0v) is 41.8. The van der Waals surface area contributed by atoms with Gasteiger partial charge in [-0.05, 0) is 51.0 Å². The van der Waals surface area contributed by atoms with Crippen molar-refractivity contribution in [3.05, 3.63) is 24.3 Å². The number of carbonyl (C=O) groups excluding carboxylic acids is 2. The van der Waals surface area contributed by atoms with Gasteiger partial charge in [0.2, 0.25) is 5.91 Å². The van der Waals surface area contributed by atoms with Crippen LogP contribution in [-0.2, 0) is 27.9 Å². The number of unbranched alkanes of at least 4 members (excludes halogenated alkanes) is 28. The number of hydrogen-bond donors (Lipinski definition) is 1. The van der Waals surface area contributed by atoms with Crippen LogP contribution in [0.4, 0.5) is 0 Å². The highest BCUT2D eigenvalue weighted by Gasteiger charge is 2.27. The molecule has 0 aromatic heterocycles. The zero-order valence-electron chi connectivity index (χ0n) is 40.9. The Morgan fingerprint density at radius 1 is 0.557 bits per heavy atom. The Hall–Kier alpha value is -1.51. The van der Waals surface area contributed by atoms with Crippen LogP contribution in [0.5, 0.6) is 0 Å². The minimum Gasteiger partial charge on any atom is -0.756 e. The molecule has 0 aliphatic heterocycles. The minimum absolute atomic E-state index is 0.0207. The van der Waals surface area contributed by atoms with E-state index in [0.717, 1.165) is 83.5 Å². The van der Waals surface area contributed by atoms with Crippen molar-refractivity contribution in [2.24, 2.45) is 0 Å². The van der Waals surface area contributed by atoms with E-state index < -0.39 is 20.0 Å². The first-order valence-corrected chi connectivity index (χ1v) is 27.1. The smallest absolute Gasteiger partial charge is 0.306 e. The summed E-state index contributed by atoms with van der Waals surface area (Å²) < 4.78 is 30.1. The van der Waals surface area contributed by atoms with Crippen LogP contribution >= 0.6 is 7.82 Å². The van der Waals surface area contributed by atoms with Crippen LogP contribution in [0.15, 0.2) is 24.3 Å². The molecule has 9 nitrogen and oxygen atoms in total. The molecule has 0 saturated carbocycles. The molecule has 0 heterocycles. The first-order chi connectivity index (χ1) is 29.4. The van der Waals surface area contributed by atoms with Crippen LogP contribution in [0.25, 0.3) is 0 Å². The number of rotatable bonds is 46. The van der Waals surface area contributed by atoms with Crippen molar-refractivity contribution in [2.45, 2.75) is 251 Å². The normalized spacial score (nSPS) is 14.1. The molecule has 3 atom stereocenters. The number of hydrogen-bond acceptors (Lipinski definition) is 7. The van der Waals surface area contributed by atoms with E-state index in [0.29, 0.717) is 17.4 Å². The zero-order chi connectivity index (χ0) is 45.1. The van der Waals surface area contributed by atoms with E-state index in [4.69, 9.17) is 13.8 Å².